The Morgan fingerprint density at radius 2 is 2.53 bits per heavy atom. The second kappa shape index (κ2) is 6.88. The van der Waals surface area contributed by atoms with E-state index in [1.54, 1.807) is 0 Å². The highest BCUT2D eigenvalue weighted by atomic mass is 79.9. The Hall–Kier alpha value is 0.1000. The van der Waals surface area contributed by atoms with E-state index < -0.39 is 0 Å². The summed E-state index contributed by atoms with van der Waals surface area (Å²) in [5.74, 6) is 0. The maximum Gasteiger partial charge on any atom is 0.0732 e. The van der Waals surface area contributed by atoms with Crippen LogP contribution in [0.25, 0.3) is 0 Å². The van der Waals surface area contributed by atoms with Crippen molar-refractivity contribution in [2.45, 2.75) is 44.8 Å². The molecule has 2 heterocycles. The molecule has 0 aromatic carbocycles. The van der Waals surface area contributed by atoms with Gasteiger partial charge in [0.1, 0.15) is 0 Å². The quantitative estimate of drug-likeness (QED) is 0.865. The van der Waals surface area contributed by atoms with Crippen molar-refractivity contribution in [3.63, 3.8) is 0 Å². The fourth-order valence-electron chi connectivity index (χ4n) is 2.26. The molecule has 1 saturated heterocycles. The van der Waals surface area contributed by atoms with Crippen LogP contribution in [-0.2, 0) is 11.2 Å². The van der Waals surface area contributed by atoms with Crippen LogP contribution in [-0.4, -0.2) is 25.3 Å². The molecule has 1 N–H and O–H groups in total. The predicted octanol–water partition coefficient (Wildman–Crippen LogP) is 3.60. The molecule has 2 rings (SSSR count). The Kier molecular flexibility index (Phi) is 5.48. The molecule has 0 bridgehead atoms. The van der Waals surface area contributed by atoms with Gasteiger partial charge in [0.25, 0.3) is 0 Å². The van der Waals surface area contributed by atoms with E-state index in [4.69, 9.17) is 4.74 Å². The highest BCUT2D eigenvalue weighted by Crippen LogP contribution is 2.24. The summed E-state index contributed by atoms with van der Waals surface area (Å²) in [4.78, 5) is 1.43. The van der Waals surface area contributed by atoms with Crippen molar-refractivity contribution in [2.24, 2.45) is 0 Å². The Morgan fingerprint density at radius 3 is 3.12 bits per heavy atom. The monoisotopic (exact) mass is 317 g/mol. The van der Waals surface area contributed by atoms with Crippen molar-refractivity contribution in [2.75, 3.05) is 13.2 Å². The zero-order valence-corrected chi connectivity index (χ0v) is 12.6. The van der Waals surface area contributed by atoms with Crippen molar-refractivity contribution >= 4 is 27.3 Å². The van der Waals surface area contributed by atoms with Crippen LogP contribution in [0.5, 0.6) is 0 Å². The molecule has 1 aromatic rings. The zero-order chi connectivity index (χ0) is 12.1. The minimum atomic E-state index is 0.405. The van der Waals surface area contributed by atoms with Crippen molar-refractivity contribution in [1.29, 1.82) is 0 Å². The van der Waals surface area contributed by atoms with E-state index in [0.717, 1.165) is 19.6 Å². The van der Waals surface area contributed by atoms with Gasteiger partial charge >= 0.3 is 0 Å². The van der Waals surface area contributed by atoms with Crippen LogP contribution in [0, 0.1) is 0 Å². The SMILES string of the molecule is CCCNC(Cc1cc(Br)cs1)C1CCCO1. The maximum atomic E-state index is 5.82. The number of nitrogens with one attached hydrogen (secondary N) is 1. The fourth-order valence-corrected chi connectivity index (χ4v) is 3.77. The third kappa shape index (κ3) is 4.05. The van der Waals surface area contributed by atoms with Crippen molar-refractivity contribution in [3.05, 3.63) is 20.8 Å². The Morgan fingerprint density at radius 1 is 1.65 bits per heavy atom. The molecule has 4 heteroatoms. The molecule has 1 aliphatic heterocycles. The summed E-state index contributed by atoms with van der Waals surface area (Å²) in [6, 6.07) is 2.70. The molecule has 2 unspecified atom stereocenters. The van der Waals surface area contributed by atoms with E-state index >= 15 is 0 Å². The molecule has 2 nitrogen and oxygen atoms in total. The van der Waals surface area contributed by atoms with Crippen LogP contribution >= 0.6 is 27.3 Å². The molecule has 2 atom stereocenters. The van der Waals surface area contributed by atoms with Gasteiger partial charge in [0.05, 0.1) is 6.10 Å². The largest absolute Gasteiger partial charge is 0.377 e. The number of ether oxygens (including phenoxy) is 1. The molecular weight excluding hydrogens is 298 g/mol. The minimum absolute atomic E-state index is 0.405. The van der Waals surface area contributed by atoms with E-state index in [-0.39, 0.29) is 0 Å². The summed E-state index contributed by atoms with van der Waals surface area (Å²) in [5, 5.41) is 5.79. The molecule has 1 aromatic heterocycles. The molecular formula is C13H20BrNOS. The Bertz CT molecular complexity index is 336. The molecule has 0 aliphatic carbocycles. The van der Waals surface area contributed by atoms with E-state index in [1.165, 1.54) is 28.6 Å². The van der Waals surface area contributed by atoms with Gasteiger partial charge in [0, 0.05) is 27.4 Å². The first kappa shape index (κ1) is 13.5. The molecule has 0 radical (unpaired) electrons. The summed E-state index contributed by atoms with van der Waals surface area (Å²) in [6.07, 6.45) is 5.08. The first-order chi connectivity index (χ1) is 8.29. The first-order valence-corrected chi connectivity index (χ1v) is 8.04. The van der Waals surface area contributed by atoms with Gasteiger partial charge in [-0.05, 0) is 54.2 Å². The summed E-state index contributed by atoms with van der Waals surface area (Å²) in [7, 11) is 0. The summed E-state index contributed by atoms with van der Waals surface area (Å²) in [6.45, 7) is 4.22. The Labute approximate surface area is 116 Å². The van der Waals surface area contributed by atoms with Gasteiger partial charge in [-0.25, -0.2) is 0 Å². The lowest BCUT2D eigenvalue weighted by Crippen LogP contribution is -2.41. The molecule has 0 spiro atoms. The average molecular weight is 318 g/mol. The number of hydrogen-bond donors (Lipinski definition) is 1. The third-order valence-electron chi connectivity index (χ3n) is 3.11. The number of thiophene rings is 1. The summed E-state index contributed by atoms with van der Waals surface area (Å²) < 4.78 is 7.02. The van der Waals surface area contributed by atoms with Crippen molar-refractivity contribution < 1.29 is 4.74 Å². The van der Waals surface area contributed by atoms with E-state index in [0.29, 0.717) is 12.1 Å². The number of hydrogen-bond acceptors (Lipinski definition) is 3. The first-order valence-electron chi connectivity index (χ1n) is 6.37. The van der Waals surface area contributed by atoms with Crippen molar-refractivity contribution in [3.8, 4) is 0 Å². The lowest BCUT2D eigenvalue weighted by atomic mass is 10.0. The fraction of sp³-hybridized carbons (Fsp3) is 0.692. The van der Waals surface area contributed by atoms with Crippen molar-refractivity contribution in [1.82, 2.24) is 5.32 Å². The van der Waals surface area contributed by atoms with Crippen LogP contribution in [0.4, 0.5) is 0 Å². The average Bonchev–Trinajstić information content (AvgIpc) is 2.95. The lowest BCUT2D eigenvalue weighted by molar-refractivity contribution is 0.0786. The highest BCUT2D eigenvalue weighted by Gasteiger charge is 2.25. The molecule has 17 heavy (non-hydrogen) atoms. The van der Waals surface area contributed by atoms with Gasteiger partial charge in [-0.1, -0.05) is 6.92 Å². The smallest absolute Gasteiger partial charge is 0.0732 e. The van der Waals surface area contributed by atoms with Crippen LogP contribution in [0.1, 0.15) is 31.1 Å². The second-order valence-corrected chi connectivity index (χ2v) is 6.46. The standard InChI is InChI=1S/C13H20BrNOS/c1-2-5-15-12(13-4-3-6-16-13)8-11-7-10(14)9-17-11/h7,9,12-13,15H,2-6,8H2,1H3. The number of halogens is 1. The summed E-state index contributed by atoms with van der Waals surface area (Å²) in [5.41, 5.74) is 0. The Balaban J connectivity index is 1.94. The summed E-state index contributed by atoms with van der Waals surface area (Å²) >= 11 is 5.34. The van der Waals surface area contributed by atoms with Crippen LogP contribution in [0.2, 0.25) is 0 Å². The number of rotatable bonds is 6. The molecule has 0 saturated carbocycles. The molecule has 0 amide bonds. The van der Waals surface area contributed by atoms with Gasteiger partial charge in [0.15, 0.2) is 0 Å². The van der Waals surface area contributed by atoms with Gasteiger partial charge < -0.3 is 10.1 Å². The highest BCUT2D eigenvalue weighted by molar-refractivity contribution is 9.10. The van der Waals surface area contributed by atoms with Gasteiger partial charge in [0.2, 0.25) is 0 Å². The molecule has 1 fully saturated rings. The third-order valence-corrected chi connectivity index (χ3v) is 4.83. The van der Waals surface area contributed by atoms with Gasteiger partial charge in [-0.3, -0.25) is 0 Å². The minimum Gasteiger partial charge on any atom is -0.377 e. The van der Waals surface area contributed by atoms with Gasteiger partial charge in [-0.2, -0.15) is 0 Å². The van der Waals surface area contributed by atoms with Crippen LogP contribution in [0.3, 0.4) is 0 Å². The van der Waals surface area contributed by atoms with E-state index in [2.05, 4.69) is 39.6 Å². The topological polar surface area (TPSA) is 21.3 Å². The zero-order valence-electron chi connectivity index (χ0n) is 10.2. The molecule has 96 valence electrons. The normalized spacial score (nSPS) is 21.9. The maximum absolute atomic E-state index is 5.82. The second-order valence-electron chi connectivity index (χ2n) is 4.55. The predicted molar refractivity (Wildman–Crippen MR) is 76.8 cm³/mol. The van der Waals surface area contributed by atoms with Crippen LogP contribution < -0.4 is 5.32 Å². The lowest BCUT2D eigenvalue weighted by Gasteiger charge is -2.23. The van der Waals surface area contributed by atoms with Crippen LogP contribution in [0.15, 0.2) is 15.9 Å². The van der Waals surface area contributed by atoms with Gasteiger partial charge in [-0.15, -0.1) is 11.3 Å². The van der Waals surface area contributed by atoms with E-state index in [9.17, 15) is 0 Å². The van der Waals surface area contributed by atoms with E-state index in [1.807, 2.05) is 11.3 Å². The molecule has 1 aliphatic rings.